The van der Waals surface area contributed by atoms with Gasteiger partial charge in [-0.25, -0.2) is 4.99 Å². The third-order valence-corrected chi connectivity index (χ3v) is 11.2. The van der Waals surface area contributed by atoms with Crippen LogP contribution in [-0.4, -0.2) is 15.0 Å². The van der Waals surface area contributed by atoms with Gasteiger partial charge in [0.25, 0.3) is 0 Å². The van der Waals surface area contributed by atoms with Gasteiger partial charge in [-0.3, -0.25) is 5.32 Å². The fourth-order valence-corrected chi connectivity index (χ4v) is 8.57. The van der Waals surface area contributed by atoms with Crippen molar-refractivity contribution in [3.63, 3.8) is 0 Å². The molecule has 0 bridgehead atoms. The molecule has 2 unspecified atom stereocenters. The lowest BCUT2D eigenvalue weighted by atomic mass is 10.0. The van der Waals surface area contributed by atoms with Crippen molar-refractivity contribution in [3.05, 3.63) is 217 Å². The van der Waals surface area contributed by atoms with Crippen LogP contribution in [0.15, 0.2) is 205 Å². The van der Waals surface area contributed by atoms with Gasteiger partial charge in [0.15, 0.2) is 0 Å². The maximum atomic E-state index is 5.22. The Labute approximate surface area is 324 Å². The summed E-state index contributed by atoms with van der Waals surface area (Å²) in [5.74, 6) is 0.877. The van der Waals surface area contributed by atoms with Crippen molar-refractivity contribution in [2.45, 2.75) is 12.3 Å². The van der Waals surface area contributed by atoms with Crippen molar-refractivity contribution in [2.24, 2.45) is 4.99 Å². The molecule has 2 atom stereocenters. The van der Waals surface area contributed by atoms with E-state index in [9.17, 15) is 0 Å². The summed E-state index contributed by atoms with van der Waals surface area (Å²) in [7, 11) is 0. The number of hydrogen-bond acceptors (Lipinski definition) is 3. The molecule has 1 aliphatic heterocycles. The normalized spacial score (nSPS) is 15.7. The summed E-state index contributed by atoms with van der Waals surface area (Å²) >= 11 is 0. The number of benzene rings is 8. The van der Waals surface area contributed by atoms with Crippen LogP contribution in [0.3, 0.4) is 0 Å². The first-order valence-corrected chi connectivity index (χ1v) is 19.2. The highest BCUT2D eigenvalue weighted by atomic mass is 15.3. The quantitative estimate of drug-likeness (QED) is 0.180. The monoisotopic (exact) mass is 719 g/mol. The van der Waals surface area contributed by atoms with E-state index in [4.69, 9.17) is 4.99 Å². The van der Waals surface area contributed by atoms with Gasteiger partial charge in [0.1, 0.15) is 18.2 Å². The van der Waals surface area contributed by atoms with Crippen LogP contribution < -0.4 is 10.6 Å². The Morgan fingerprint density at radius 2 is 0.893 bits per heavy atom. The van der Waals surface area contributed by atoms with Crippen molar-refractivity contribution < 1.29 is 0 Å². The number of aromatic nitrogens is 2. The zero-order valence-corrected chi connectivity index (χ0v) is 30.5. The maximum Gasteiger partial charge on any atom is 0.131 e. The molecule has 10 aromatic rings. The van der Waals surface area contributed by atoms with Gasteiger partial charge < -0.3 is 14.5 Å². The minimum atomic E-state index is -0.240. The molecule has 2 N–H and O–H groups in total. The zero-order chi connectivity index (χ0) is 37.0. The average Bonchev–Trinajstić information content (AvgIpc) is 3.78. The van der Waals surface area contributed by atoms with Crippen LogP contribution in [0.25, 0.3) is 66.1 Å². The van der Waals surface area contributed by atoms with Gasteiger partial charge in [-0.05, 0) is 76.9 Å². The topological polar surface area (TPSA) is 46.3 Å². The summed E-state index contributed by atoms with van der Waals surface area (Å²) in [5, 5.41) is 12.4. The van der Waals surface area contributed by atoms with Crippen LogP contribution in [0.4, 0.5) is 0 Å². The van der Waals surface area contributed by atoms with Gasteiger partial charge in [0, 0.05) is 38.5 Å². The summed E-state index contributed by atoms with van der Waals surface area (Å²) < 4.78 is 4.83. The Morgan fingerprint density at radius 3 is 1.59 bits per heavy atom. The van der Waals surface area contributed by atoms with E-state index in [2.05, 4.69) is 214 Å². The minimum absolute atomic E-state index is 0.0942. The van der Waals surface area contributed by atoms with Crippen molar-refractivity contribution in [2.75, 3.05) is 0 Å². The predicted octanol–water partition coefficient (Wildman–Crippen LogP) is 11.9. The van der Waals surface area contributed by atoms with E-state index in [1.54, 1.807) is 0 Å². The summed E-state index contributed by atoms with van der Waals surface area (Å²) in [6.07, 6.45) is -0.334. The molecule has 0 radical (unpaired) electrons. The molecule has 5 heteroatoms. The van der Waals surface area contributed by atoms with Crippen molar-refractivity contribution >= 4 is 49.4 Å². The Kier molecular flexibility index (Phi) is 7.64. The number of amidine groups is 1. The fourth-order valence-electron chi connectivity index (χ4n) is 8.57. The van der Waals surface area contributed by atoms with E-state index in [1.165, 1.54) is 43.6 Å². The summed E-state index contributed by atoms with van der Waals surface area (Å²) in [5.41, 5.74) is 12.7. The molecule has 0 fully saturated rings. The molecule has 0 spiro atoms. The molecule has 266 valence electrons. The Bertz CT molecular complexity index is 3090. The highest BCUT2D eigenvalue weighted by Gasteiger charge is 2.26. The maximum absolute atomic E-state index is 5.22. The van der Waals surface area contributed by atoms with Gasteiger partial charge in [-0.1, -0.05) is 146 Å². The van der Waals surface area contributed by atoms with E-state index < -0.39 is 0 Å². The number of hydrogen-bond donors (Lipinski definition) is 2. The van der Waals surface area contributed by atoms with Gasteiger partial charge in [0.05, 0.1) is 22.1 Å². The Balaban J connectivity index is 1.04. The second kappa shape index (κ2) is 13.3. The summed E-state index contributed by atoms with van der Waals surface area (Å²) in [6, 6.07) is 71.7. The second-order valence-corrected chi connectivity index (χ2v) is 14.5. The average molecular weight is 720 g/mol. The molecule has 0 aliphatic carbocycles. The molecule has 5 nitrogen and oxygen atoms in total. The number of nitrogens with one attached hydrogen (secondary N) is 2. The highest BCUT2D eigenvalue weighted by molar-refractivity contribution is 6.19. The van der Waals surface area contributed by atoms with Crippen LogP contribution in [0.5, 0.6) is 0 Å². The van der Waals surface area contributed by atoms with Gasteiger partial charge in [-0.2, -0.15) is 0 Å². The Morgan fingerprint density at radius 1 is 0.375 bits per heavy atom. The van der Waals surface area contributed by atoms with Crippen LogP contribution in [0, 0.1) is 0 Å². The SMILES string of the molecule is c1ccc(C2=NC(c3cccc(-c4cccc(-n5c6ccccc6c6cc7c8ccccc8n(-c8ccccc8)c7cc65)c4)c3)NC(c3ccccc3)N2)cc1. The molecule has 0 amide bonds. The van der Waals surface area contributed by atoms with E-state index in [-0.39, 0.29) is 12.3 Å². The molecule has 8 aromatic carbocycles. The van der Waals surface area contributed by atoms with Crippen LogP contribution in [0.1, 0.15) is 29.0 Å². The number of rotatable bonds is 6. The summed E-state index contributed by atoms with van der Waals surface area (Å²) in [6.45, 7) is 0. The van der Waals surface area contributed by atoms with Crippen LogP contribution in [0.2, 0.25) is 0 Å². The van der Waals surface area contributed by atoms with E-state index >= 15 is 0 Å². The fraction of sp³-hybridized carbons (Fsp3) is 0.0392. The first-order valence-electron chi connectivity index (χ1n) is 19.2. The van der Waals surface area contributed by atoms with Gasteiger partial charge in [0.2, 0.25) is 0 Å². The molecule has 11 rings (SSSR count). The van der Waals surface area contributed by atoms with E-state index in [0.717, 1.165) is 45.0 Å². The van der Waals surface area contributed by atoms with Crippen LogP contribution in [-0.2, 0) is 0 Å². The Hall–Kier alpha value is -7.21. The minimum Gasteiger partial charge on any atom is -0.350 e. The lowest BCUT2D eigenvalue weighted by Crippen LogP contribution is -2.44. The molecule has 3 heterocycles. The third-order valence-electron chi connectivity index (χ3n) is 11.2. The third kappa shape index (κ3) is 5.40. The van der Waals surface area contributed by atoms with Crippen molar-refractivity contribution in [1.82, 2.24) is 19.8 Å². The molecule has 0 saturated carbocycles. The predicted molar refractivity (Wildman–Crippen MR) is 232 cm³/mol. The highest BCUT2D eigenvalue weighted by Crippen LogP contribution is 2.40. The molecule has 56 heavy (non-hydrogen) atoms. The lowest BCUT2D eigenvalue weighted by molar-refractivity contribution is 0.409. The number of aliphatic imine (C=N–C) groups is 1. The van der Waals surface area contributed by atoms with Crippen LogP contribution >= 0.6 is 0 Å². The van der Waals surface area contributed by atoms with E-state index in [1.807, 2.05) is 6.07 Å². The first-order chi connectivity index (χ1) is 27.8. The molecule has 1 aliphatic rings. The second-order valence-electron chi connectivity index (χ2n) is 14.5. The van der Waals surface area contributed by atoms with E-state index in [0.29, 0.717) is 0 Å². The van der Waals surface area contributed by atoms with Crippen molar-refractivity contribution in [1.29, 1.82) is 0 Å². The van der Waals surface area contributed by atoms with Gasteiger partial charge >= 0.3 is 0 Å². The number of fused-ring (bicyclic) bond motifs is 6. The van der Waals surface area contributed by atoms with Crippen molar-refractivity contribution in [3.8, 4) is 22.5 Å². The lowest BCUT2D eigenvalue weighted by Gasteiger charge is -2.32. The first kappa shape index (κ1) is 32.2. The molecular formula is C51H37N5. The largest absolute Gasteiger partial charge is 0.350 e. The van der Waals surface area contributed by atoms with Gasteiger partial charge in [-0.15, -0.1) is 0 Å². The molecule has 2 aromatic heterocycles. The smallest absolute Gasteiger partial charge is 0.131 e. The number of nitrogens with zero attached hydrogens (tertiary/aromatic N) is 3. The number of para-hydroxylation sites is 3. The summed E-state index contributed by atoms with van der Waals surface area (Å²) in [4.78, 5) is 5.22. The standard InChI is InChI=1S/C51H37N5/c1-4-16-34(17-5-1)49-52-50(35-18-6-2-7-19-35)54-51(53-49)38-22-14-20-36(30-38)37-21-15-25-40(31-37)56-46-29-13-11-27-42(46)44-32-43-41-26-10-12-28-45(41)55(47(43)33-48(44)56)39-23-8-3-9-24-39/h1-33,49,51,53H,(H,52,54). The molecular weight excluding hydrogens is 683 g/mol. The zero-order valence-electron chi connectivity index (χ0n) is 30.5. The molecule has 0 saturated heterocycles.